The second-order valence-corrected chi connectivity index (χ2v) is 6.35. The summed E-state index contributed by atoms with van der Waals surface area (Å²) in [6.07, 6.45) is 5.50. The lowest BCUT2D eigenvalue weighted by Crippen LogP contribution is -2.49. The number of carbonyl (C=O) groups excluding carboxylic acids is 1. The van der Waals surface area contributed by atoms with Crippen molar-refractivity contribution in [3.05, 3.63) is 0 Å². The summed E-state index contributed by atoms with van der Waals surface area (Å²) in [5.41, 5.74) is 0. The molecule has 2 saturated heterocycles. The Labute approximate surface area is 93.7 Å². The lowest BCUT2D eigenvalue weighted by atomic mass is 10.00. The van der Waals surface area contributed by atoms with Gasteiger partial charge in [0.2, 0.25) is 0 Å². The van der Waals surface area contributed by atoms with Gasteiger partial charge in [0.25, 0.3) is 0 Å². The van der Waals surface area contributed by atoms with E-state index in [2.05, 4.69) is 11.8 Å². The van der Waals surface area contributed by atoms with Crippen LogP contribution in [0.1, 0.15) is 32.6 Å². The third-order valence-corrected chi connectivity index (χ3v) is 4.54. The highest BCUT2D eigenvalue weighted by molar-refractivity contribution is 7.84. The van der Waals surface area contributed by atoms with Crippen LogP contribution in [0.15, 0.2) is 0 Å². The molecule has 2 heterocycles. The predicted octanol–water partition coefficient (Wildman–Crippen LogP) is 0.949. The summed E-state index contributed by atoms with van der Waals surface area (Å²) in [5.74, 6) is 1.16. The van der Waals surface area contributed by atoms with Crippen LogP contribution in [0.5, 0.6) is 0 Å². The van der Waals surface area contributed by atoms with E-state index < -0.39 is 10.8 Å². The minimum atomic E-state index is -0.735. The first-order valence-corrected chi connectivity index (χ1v) is 7.40. The van der Waals surface area contributed by atoms with Gasteiger partial charge in [-0.05, 0) is 19.8 Å². The van der Waals surface area contributed by atoms with Gasteiger partial charge in [-0.25, -0.2) is 0 Å². The summed E-state index contributed by atoms with van der Waals surface area (Å²) in [6, 6.07) is 1.24. The zero-order valence-corrected chi connectivity index (χ0v) is 10.3. The molecule has 86 valence electrons. The van der Waals surface area contributed by atoms with Gasteiger partial charge in [0.15, 0.2) is 0 Å². The zero-order chi connectivity index (χ0) is 11.0. The first-order chi connectivity index (χ1) is 7.08. The number of carbonyl (C=O) groups is 1. The monoisotopic (exact) mass is 229 g/mol. The van der Waals surface area contributed by atoms with Crippen molar-refractivity contribution < 1.29 is 9.00 Å². The number of Topliss-reactive ketones (excluding diaryl/α,β-unsaturated/α-hetero) is 1. The molecule has 2 bridgehead atoms. The Morgan fingerprint density at radius 3 is 2.40 bits per heavy atom. The van der Waals surface area contributed by atoms with Gasteiger partial charge >= 0.3 is 0 Å². The Morgan fingerprint density at radius 2 is 1.93 bits per heavy atom. The second kappa shape index (κ2) is 4.34. The molecule has 4 heteroatoms. The Morgan fingerprint density at radius 1 is 1.40 bits per heavy atom. The van der Waals surface area contributed by atoms with E-state index in [1.165, 1.54) is 0 Å². The van der Waals surface area contributed by atoms with Gasteiger partial charge in [0.1, 0.15) is 5.78 Å². The van der Waals surface area contributed by atoms with Crippen molar-refractivity contribution in [3.8, 4) is 0 Å². The van der Waals surface area contributed by atoms with Crippen LogP contribution in [0.3, 0.4) is 0 Å². The largest absolute Gasteiger partial charge is 0.300 e. The zero-order valence-electron chi connectivity index (χ0n) is 9.44. The number of ketones is 1. The van der Waals surface area contributed by atoms with E-state index in [9.17, 15) is 9.00 Å². The third-order valence-electron chi connectivity index (χ3n) is 3.59. The predicted molar refractivity (Wildman–Crippen MR) is 61.3 cm³/mol. The fourth-order valence-electron chi connectivity index (χ4n) is 3.15. The molecule has 0 radical (unpaired) electrons. The first kappa shape index (κ1) is 11.3. The normalized spacial score (nSPS) is 35.5. The van der Waals surface area contributed by atoms with Crippen LogP contribution in [-0.4, -0.2) is 45.0 Å². The summed E-state index contributed by atoms with van der Waals surface area (Å²) in [5, 5.41) is 0. The van der Waals surface area contributed by atoms with E-state index >= 15 is 0 Å². The van der Waals surface area contributed by atoms with Crippen molar-refractivity contribution in [2.45, 2.75) is 50.7 Å². The van der Waals surface area contributed by atoms with Crippen molar-refractivity contribution in [2.75, 3.05) is 12.0 Å². The maximum absolute atomic E-state index is 11.4. The van der Waals surface area contributed by atoms with Crippen molar-refractivity contribution in [3.63, 3.8) is 0 Å². The van der Waals surface area contributed by atoms with E-state index in [4.69, 9.17) is 0 Å². The summed E-state index contributed by atoms with van der Waals surface area (Å²) in [6.45, 7) is 2.14. The first-order valence-electron chi connectivity index (χ1n) is 5.67. The molecule has 0 saturated carbocycles. The van der Waals surface area contributed by atoms with Crippen molar-refractivity contribution in [1.82, 2.24) is 4.90 Å². The number of hydrogen-bond donors (Lipinski definition) is 0. The van der Waals surface area contributed by atoms with E-state index in [0.29, 0.717) is 23.9 Å². The molecule has 2 aliphatic rings. The van der Waals surface area contributed by atoms with Crippen LogP contribution < -0.4 is 0 Å². The Bertz CT molecular complexity index is 276. The van der Waals surface area contributed by atoms with Crippen LogP contribution >= 0.6 is 0 Å². The van der Waals surface area contributed by atoms with E-state index in [0.717, 1.165) is 31.4 Å². The lowest BCUT2D eigenvalue weighted by molar-refractivity contribution is -0.124. The molecule has 2 fully saturated rings. The van der Waals surface area contributed by atoms with Crippen molar-refractivity contribution in [1.29, 1.82) is 0 Å². The Hall–Kier alpha value is -0.220. The van der Waals surface area contributed by atoms with Crippen molar-refractivity contribution >= 4 is 16.6 Å². The fraction of sp³-hybridized carbons (Fsp3) is 0.909. The highest BCUT2D eigenvalue weighted by atomic mass is 32.2. The van der Waals surface area contributed by atoms with E-state index in [1.807, 2.05) is 0 Å². The molecular formula is C11H19NO2S. The number of piperidine rings is 1. The summed E-state index contributed by atoms with van der Waals surface area (Å²) in [7, 11) is -0.735. The van der Waals surface area contributed by atoms with Crippen LogP contribution in [0, 0.1) is 0 Å². The molecule has 0 aromatic rings. The molecule has 0 spiro atoms. The summed E-state index contributed by atoms with van der Waals surface area (Å²) < 4.78 is 11.2. The maximum Gasteiger partial charge on any atom is 0.136 e. The van der Waals surface area contributed by atoms with Crippen LogP contribution in [0.4, 0.5) is 0 Å². The minimum Gasteiger partial charge on any atom is -0.300 e. The highest BCUT2D eigenvalue weighted by Crippen LogP contribution is 2.35. The van der Waals surface area contributed by atoms with Gasteiger partial charge in [-0.1, -0.05) is 0 Å². The van der Waals surface area contributed by atoms with Gasteiger partial charge in [-0.15, -0.1) is 0 Å². The minimum absolute atomic E-state index is 0.362. The van der Waals surface area contributed by atoms with Crippen LogP contribution in [0.2, 0.25) is 0 Å². The Balaban J connectivity index is 2.04. The molecule has 0 aliphatic carbocycles. The molecular weight excluding hydrogens is 210 g/mol. The van der Waals surface area contributed by atoms with Crippen LogP contribution in [0.25, 0.3) is 0 Å². The third kappa shape index (κ3) is 2.31. The molecule has 0 amide bonds. The maximum atomic E-state index is 11.4. The van der Waals surface area contributed by atoms with Gasteiger partial charge in [-0.3, -0.25) is 13.9 Å². The Kier molecular flexibility index (Phi) is 3.26. The smallest absolute Gasteiger partial charge is 0.136 e. The fourth-order valence-corrected chi connectivity index (χ4v) is 4.00. The molecule has 15 heavy (non-hydrogen) atoms. The average Bonchev–Trinajstić information content (AvgIpc) is 2.38. The van der Waals surface area contributed by atoms with Gasteiger partial charge in [-0.2, -0.15) is 0 Å². The number of rotatable bonds is 3. The van der Waals surface area contributed by atoms with Gasteiger partial charge in [0, 0.05) is 53.8 Å². The molecule has 4 atom stereocenters. The quantitative estimate of drug-likeness (QED) is 0.723. The lowest BCUT2D eigenvalue weighted by Gasteiger charge is -2.38. The second-order valence-electron chi connectivity index (χ2n) is 4.87. The summed E-state index contributed by atoms with van der Waals surface area (Å²) in [4.78, 5) is 13.9. The molecule has 3 nitrogen and oxygen atoms in total. The molecule has 2 aliphatic heterocycles. The van der Waals surface area contributed by atoms with Gasteiger partial charge in [0.05, 0.1) is 0 Å². The van der Waals surface area contributed by atoms with Crippen molar-refractivity contribution in [2.24, 2.45) is 0 Å². The number of nitrogens with zero attached hydrogens (tertiary/aromatic N) is 1. The van der Waals surface area contributed by atoms with E-state index in [-0.39, 0.29) is 0 Å². The molecule has 0 aromatic carbocycles. The molecule has 0 aromatic heterocycles. The van der Waals surface area contributed by atoms with E-state index in [1.54, 1.807) is 6.26 Å². The summed E-state index contributed by atoms with van der Waals surface area (Å²) >= 11 is 0. The molecule has 2 rings (SSSR count). The topological polar surface area (TPSA) is 37.4 Å². The number of fused-ring (bicyclic) bond motifs is 2. The molecule has 4 unspecified atom stereocenters. The standard InChI is InChI=1S/C11H19NO2S/c1-8(7-15(2)14)12-9-3-4-10(12)6-11(13)5-9/h8-10H,3-7H2,1-2H3. The highest BCUT2D eigenvalue weighted by Gasteiger charge is 2.42. The van der Waals surface area contributed by atoms with Crippen LogP contribution in [-0.2, 0) is 15.6 Å². The molecule has 0 N–H and O–H groups in total. The average molecular weight is 229 g/mol. The number of hydrogen-bond acceptors (Lipinski definition) is 3. The SMILES string of the molecule is CC(CS(C)=O)N1C2CCC1CC(=O)C2. The van der Waals surface area contributed by atoms with Gasteiger partial charge < -0.3 is 0 Å².